The molecule has 92 valence electrons. The van der Waals surface area contributed by atoms with Crippen molar-refractivity contribution in [3.05, 3.63) is 0 Å². The summed E-state index contributed by atoms with van der Waals surface area (Å²) in [6.45, 7) is 0.747. The summed E-state index contributed by atoms with van der Waals surface area (Å²) in [5.74, 6) is 0.0197. The summed E-state index contributed by atoms with van der Waals surface area (Å²) in [7, 11) is -1.81. The SMILES string of the molecule is COC(=O)C1CCN(S(=O)(=O)CC2CC2)C1. The van der Waals surface area contributed by atoms with Crippen LogP contribution in [0.2, 0.25) is 0 Å². The smallest absolute Gasteiger partial charge is 0.310 e. The average molecular weight is 247 g/mol. The first kappa shape index (κ1) is 11.9. The van der Waals surface area contributed by atoms with Gasteiger partial charge in [0.2, 0.25) is 10.0 Å². The maximum absolute atomic E-state index is 11.9. The Morgan fingerprint density at radius 3 is 2.62 bits per heavy atom. The van der Waals surface area contributed by atoms with Crippen LogP contribution in [0.5, 0.6) is 0 Å². The van der Waals surface area contributed by atoms with Crippen LogP contribution in [-0.2, 0) is 19.6 Å². The highest BCUT2D eigenvalue weighted by Gasteiger charge is 2.38. The van der Waals surface area contributed by atoms with Crippen molar-refractivity contribution in [1.82, 2.24) is 4.31 Å². The van der Waals surface area contributed by atoms with Crippen LogP contribution in [0.15, 0.2) is 0 Å². The highest BCUT2D eigenvalue weighted by molar-refractivity contribution is 7.89. The first-order valence-electron chi connectivity index (χ1n) is 5.58. The Kier molecular flexibility index (Phi) is 3.21. The Balaban J connectivity index is 1.94. The zero-order valence-corrected chi connectivity index (χ0v) is 10.2. The number of rotatable bonds is 4. The summed E-state index contributed by atoms with van der Waals surface area (Å²) >= 11 is 0. The molecule has 2 rings (SSSR count). The van der Waals surface area contributed by atoms with Gasteiger partial charge in [0, 0.05) is 13.1 Å². The number of carbonyl (C=O) groups excluding carboxylic acids is 1. The molecule has 0 aromatic heterocycles. The molecule has 0 amide bonds. The highest BCUT2D eigenvalue weighted by Crippen LogP contribution is 2.32. The van der Waals surface area contributed by atoms with Crippen molar-refractivity contribution < 1.29 is 17.9 Å². The number of methoxy groups -OCH3 is 1. The third-order valence-electron chi connectivity index (χ3n) is 3.22. The van der Waals surface area contributed by atoms with Crippen molar-refractivity contribution in [2.45, 2.75) is 19.3 Å². The number of ether oxygens (including phenoxy) is 1. The predicted molar refractivity (Wildman–Crippen MR) is 58.2 cm³/mol. The van der Waals surface area contributed by atoms with Gasteiger partial charge in [-0.2, -0.15) is 0 Å². The van der Waals surface area contributed by atoms with Crippen molar-refractivity contribution >= 4 is 16.0 Å². The maximum atomic E-state index is 11.9. The van der Waals surface area contributed by atoms with Crippen LogP contribution in [0.3, 0.4) is 0 Å². The van der Waals surface area contributed by atoms with E-state index in [1.54, 1.807) is 0 Å². The van der Waals surface area contributed by atoms with E-state index in [4.69, 9.17) is 0 Å². The fourth-order valence-electron chi connectivity index (χ4n) is 2.03. The van der Waals surface area contributed by atoms with Gasteiger partial charge in [-0.25, -0.2) is 12.7 Å². The first-order valence-corrected chi connectivity index (χ1v) is 7.19. The molecule has 5 nitrogen and oxygen atoms in total. The van der Waals surface area contributed by atoms with E-state index >= 15 is 0 Å². The van der Waals surface area contributed by atoms with Crippen LogP contribution in [0.25, 0.3) is 0 Å². The molecule has 2 fully saturated rings. The number of nitrogens with zero attached hydrogens (tertiary/aromatic N) is 1. The minimum atomic E-state index is -3.15. The van der Waals surface area contributed by atoms with Crippen LogP contribution < -0.4 is 0 Å². The quantitative estimate of drug-likeness (QED) is 0.667. The predicted octanol–water partition coefficient (Wildman–Crippen LogP) is 0.221. The van der Waals surface area contributed by atoms with E-state index < -0.39 is 10.0 Å². The zero-order chi connectivity index (χ0) is 11.8. The van der Waals surface area contributed by atoms with Gasteiger partial charge in [0.25, 0.3) is 0 Å². The van der Waals surface area contributed by atoms with E-state index in [9.17, 15) is 13.2 Å². The summed E-state index contributed by atoms with van der Waals surface area (Å²) < 4.78 is 29.9. The van der Waals surface area contributed by atoms with Gasteiger partial charge in [0.1, 0.15) is 0 Å². The van der Waals surface area contributed by atoms with E-state index in [1.165, 1.54) is 11.4 Å². The Labute approximate surface area is 95.8 Å². The van der Waals surface area contributed by atoms with E-state index in [1.807, 2.05) is 0 Å². The van der Waals surface area contributed by atoms with E-state index in [2.05, 4.69) is 4.74 Å². The molecule has 0 aromatic rings. The molecule has 2 aliphatic rings. The Bertz CT molecular complexity index is 374. The van der Waals surface area contributed by atoms with Crippen molar-refractivity contribution in [3.8, 4) is 0 Å². The van der Waals surface area contributed by atoms with Gasteiger partial charge in [-0.05, 0) is 25.2 Å². The Morgan fingerprint density at radius 2 is 2.06 bits per heavy atom. The molecule has 1 heterocycles. The molecule has 0 bridgehead atoms. The second kappa shape index (κ2) is 4.33. The molecular formula is C10H17NO4S. The van der Waals surface area contributed by atoms with Crippen LogP contribution in [0, 0.1) is 11.8 Å². The van der Waals surface area contributed by atoms with Crippen LogP contribution in [0.4, 0.5) is 0 Å². The lowest BCUT2D eigenvalue weighted by atomic mass is 10.1. The third kappa shape index (κ3) is 2.55. The minimum Gasteiger partial charge on any atom is -0.469 e. The standard InChI is InChI=1S/C10H17NO4S/c1-15-10(12)9-4-5-11(6-9)16(13,14)7-8-2-3-8/h8-9H,2-7H2,1H3. The van der Waals surface area contributed by atoms with E-state index in [0.717, 1.165) is 12.8 Å². The van der Waals surface area contributed by atoms with E-state index in [-0.39, 0.29) is 17.6 Å². The van der Waals surface area contributed by atoms with Gasteiger partial charge in [-0.1, -0.05) is 0 Å². The molecule has 0 aromatic carbocycles. The number of carbonyl (C=O) groups is 1. The topological polar surface area (TPSA) is 63.7 Å². The normalized spacial score (nSPS) is 26.9. The van der Waals surface area contributed by atoms with Crippen LogP contribution in [0.1, 0.15) is 19.3 Å². The molecule has 1 aliphatic heterocycles. The Hall–Kier alpha value is -0.620. The zero-order valence-electron chi connectivity index (χ0n) is 9.39. The van der Waals surface area contributed by atoms with Gasteiger partial charge in [-0.3, -0.25) is 4.79 Å². The van der Waals surface area contributed by atoms with Crippen LogP contribution >= 0.6 is 0 Å². The second-order valence-electron chi connectivity index (χ2n) is 4.59. The molecule has 0 radical (unpaired) electrons. The maximum Gasteiger partial charge on any atom is 0.310 e. The average Bonchev–Trinajstić information content (AvgIpc) is 2.88. The first-order chi connectivity index (χ1) is 7.53. The molecule has 1 atom stereocenters. The lowest BCUT2D eigenvalue weighted by molar-refractivity contribution is -0.144. The summed E-state index contributed by atoms with van der Waals surface area (Å²) in [5, 5.41) is 0. The summed E-state index contributed by atoms with van der Waals surface area (Å²) in [6.07, 6.45) is 2.62. The van der Waals surface area contributed by atoms with Crippen molar-refractivity contribution in [2.24, 2.45) is 11.8 Å². The highest BCUT2D eigenvalue weighted by atomic mass is 32.2. The monoisotopic (exact) mass is 247 g/mol. The molecule has 0 spiro atoms. The molecular weight excluding hydrogens is 230 g/mol. The fourth-order valence-corrected chi connectivity index (χ4v) is 3.96. The second-order valence-corrected chi connectivity index (χ2v) is 6.60. The van der Waals surface area contributed by atoms with Crippen molar-refractivity contribution in [3.63, 3.8) is 0 Å². The Morgan fingerprint density at radius 1 is 1.38 bits per heavy atom. The molecule has 16 heavy (non-hydrogen) atoms. The largest absolute Gasteiger partial charge is 0.469 e. The molecule has 0 N–H and O–H groups in total. The third-order valence-corrected chi connectivity index (χ3v) is 5.23. The van der Waals surface area contributed by atoms with Gasteiger partial charge in [-0.15, -0.1) is 0 Å². The molecule has 1 saturated carbocycles. The summed E-state index contributed by atoms with van der Waals surface area (Å²) in [6, 6.07) is 0. The number of hydrogen-bond acceptors (Lipinski definition) is 4. The number of sulfonamides is 1. The molecule has 1 aliphatic carbocycles. The molecule has 6 heteroatoms. The minimum absolute atomic E-state index is 0.251. The molecule has 1 saturated heterocycles. The van der Waals surface area contributed by atoms with Gasteiger partial charge >= 0.3 is 5.97 Å². The van der Waals surface area contributed by atoms with Gasteiger partial charge < -0.3 is 4.74 Å². The number of hydrogen-bond donors (Lipinski definition) is 0. The lowest BCUT2D eigenvalue weighted by Crippen LogP contribution is -2.32. The molecule has 1 unspecified atom stereocenters. The fraction of sp³-hybridized carbons (Fsp3) is 0.900. The van der Waals surface area contributed by atoms with Crippen LogP contribution in [-0.4, -0.2) is 44.6 Å². The summed E-state index contributed by atoms with van der Waals surface area (Å²) in [4.78, 5) is 11.3. The lowest BCUT2D eigenvalue weighted by Gasteiger charge is -2.15. The van der Waals surface area contributed by atoms with Crippen molar-refractivity contribution in [2.75, 3.05) is 26.0 Å². The van der Waals surface area contributed by atoms with E-state index in [0.29, 0.717) is 25.4 Å². The van der Waals surface area contributed by atoms with Crippen molar-refractivity contribution in [1.29, 1.82) is 0 Å². The number of esters is 1. The van der Waals surface area contributed by atoms with Gasteiger partial charge in [0.05, 0.1) is 18.8 Å². The van der Waals surface area contributed by atoms with Gasteiger partial charge in [0.15, 0.2) is 0 Å². The summed E-state index contributed by atoms with van der Waals surface area (Å²) in [5.41, 5.74) is 0.